The second kappa shape index (κ2) is 9.35. The number of para-hydroxylation sites is 1. The number of nitrogens with one attached hydrogen (secondary N) is 1. The molecule has 1 N–H and O–H groups in total. The van der Waals surface area contributed by atoms with E-state index in [2.05, 4.69) is 5.32 Å². The number of thioether (sulfide) groups is 1. The van der Waals surface area contributed by atoms with Crippen LogP contribution in [0, 0.1) is 5.41 Å². The van der Waals surface area contributed by atoms with Gasteiger partial charge in [-0.15, -0.1) is 11.8 Å². The van der Waals surface area contributed by atoms with Crippen molar-refractivity contribution in [2.75, 3.05) is 5.88 Å². The Labute approximate surface area is 176 Å². The molecule has 0 aromatic heterocycles. The van der Waals surface area contributed by atoms with Gasteiger partial charge in [0.1, 0.15) is 11.5 Å². The number of likely N-dealkylation sites (tertiary alicyclic amines) is 1. The zero-order chi connectivity index (χ0) is 20.9. The molecule has 5 nitrogen and oxygen atoms in total. The number of carbonyl (C=O) groups excluding carboxylic acids is 2. The maximum atomic E-state index is 12.4. The van der Waals surface area contributed by atoms with Crippen molar-refractivity contribution in [1.82, 2.24) is 10.2 Å². The monoisotopic (exact) mass is 412 g/mol. The summed E-state index contributed by atoms with van der Waals surface area (Å²) in [5.74, 6) is 2.25. The lowest BCUT2D eigenvalue weighted by molar-refractivity contribution is -0.128. The standard InChI is InChI=1S/C23H28N2O3S/c1-23(2,3)22(27)24-16-29-21-14-13-20(26)25(21)15-17-9-11-19(12-10-17)28-18-7-5-4-6-8-18/h4-12,21H,13-16H2,1-3H3,(H,24,27). The maximum absolute atomic E-state index is 12.4. The van der Waals surface area contributed by atoms with Crippen LogP contribution in [0.4, 0.5) is 0 Å². The predicted molar refractivity (Wildman–Crippen MR) is 117 cm³/mol. The first-order chi connectivity index (χ1) is 13.8. The molecular weight excluding hydrogens is 384 g/mol. The van der Waals surface area contributed by atoms with E-state index in [1.54, 1.807) is 11.8 Å². The molecule has 1 unspecified atom stereocenters. The molecule has 29 heavy (non-hydrogen) atoms. The van der Waals surface area contributed by atoms with Gasteiger partial charge in [-0.25, -0.2) is 0 Å². The summed E-state index contributed by atoms with van der Waals surface area (Å²) in [5, 5.41) is 3.04. The molecule has 0 radical (unpaired) electrons. The van der Waals surface area contributed by atoms with Gasteiger partial charge < -0.3 is 15.0 Å². The zero-order valence-electron chi connectivity index (χ0n) is 17.2. The molecular formula is C23H28N2O3S. The first-order valence-electron chi connectivity index (χ1n) is 9.84. The molecule has 2 amide bonds. The van der Waals surface area contributed by atoms with E-state index in [4.69, 9.17) is 4.74 Å². The first kappa shape index (κ1) is 21.2. The van der Waals surface area contributed by atoms with Crippen LogP contribution < -0.4 is 10.1 Å². The van der Waals surface area contributed by atoms with E-state index in [1.165, 1.54) is 0 Å². The van der Waals surface area contributed by atoms with E-state index >= 15 is 0 Å². The summed E-state index contributed by atoms with van der Waals surface area (Å²) in [7, 11) is 0. The van der Waals surface area contributed by atoms with Gasteiger partial charge in [0, 0.05) is 18.4 Å². The third-order valence-corrected chi connectivity index (χ3v) is 5.90. The van der Waals surface area contributed by atoms with E-state index in [9.17, 15) is 9.59 Å². The molecule has 1 heterocycles. The fourth-order valence-corrected chi connectivity index (χ4v) is 4.09. The zero-order valence-corrected chi connectivity index (χ0v) is 18.0. The van der Waals surface area contributed by atoms with Crippen LogP contribution in [0.15, 0.2) is 54.6 Å². The van der Waals surface area contributed by atoms with Crippen molar-refractivity contribution < 1.29 is 14.3 Å². The Balaban J connectivity index is 1.54. The number of ether oxygens (including phenoxy) is 1. The Morgan fingerprint density at radius 1 is 1.10 bits per heavy atom. The molecule has 1 saturated heterocycles. The van der Waals surface area contributed by atoms with Crippen LogP contribution >= 0.6 is 11.8 Å². The number of carbonyl (C=O) groups is 2. The van der Waals surface area contributed by atoms with Crippen LogP contribution in [0.1, 0.15) is 39.2 Å². The van der Waals surface area contributed by atoms with Gasteiger partial charge in [0.25, 0.3) is 0 Å². The van der Waals surface area contributed by atoms with E-state index < -0.39 is 5.41 Å². The second-order valence-electron chi connectivity index (χ2n) is 8.14. The van der Waals surface area contributed by atoms with Gasteiger partial charge in [-0.05, 0) is 36.2 Å². The summed E-state index contributed by atoms with van der Waals surface area (Å²) in [4.78, 5) is 26.3. The largest absolute Gasteiger partial charge is 0.457 e. The quantitative estimate of drug-likeness (QED) is 0.665. The number of rotatable bonds is 7. The molecule has 1 aliphatic heterocycles. The van der Waals surface area contributed by atoms with Gasteiger partial charge in [0.15, 0.2) is 0 Å². The fraction of sp³-hybridized carbons (Fsp3) is 0.391. The molecule has 6 heteroatoms. The van der Waals surface area contributed by atoms with Gasteiger partial charge in [0.05, 0.1) is 11.3 Å². The summed E-state index contributed by atoms with van der Waals surface area (Å²) < 4.78 is 5.82. The van der Waals surface area contributed by atoms with Crippen LogP contribution in [0.3, 0.4) is 0 Å². The summed E-state index contributed by atoms with van der Waals surface area (Å²) in [6.45, 7) is 6.24. The van der Waals surface area contributed by atoms with Crippen LogP contribution in [0.2, 0.25) is 0 Å². The van der Waals surface area contributed by atoms with Gasteiger partial charge in [-0.2, -0.15) is 0 Å². The first-order valence-corrected chi connectivity index (χ1v) is 10.9. The molecule has 1 aliphatic rings. The number of hydrogen-bond acceptors (Lipinski definition) is 4. The lowest BCUT2D eigenvalue weighted by Gasteiger charge is -2.25. The Bertz CT molecular complexity index is 831. The Morgan fingerprint density at radius 3 is 2.41 bits per heavy atom. The normalized spacial score (nSPS) is 16.7. The molecule has 0 spiro atoms. The minimum atomic E-state index is -0.407. The Hall–Kier alpha value is -2.47. The molecule has 0 aliphatic carbocycles. The average molecular weight is 413 g/mol. The highest BCUT2D eigenvalue weighted by molar-refractivity contribution is 7.99. The van der Waals surface area contributed by atoms with Crippen molar-refractivity contribution in [1.29, 1.82) is 0 Å². The molecule has 154 valence electrons. The second-order valence-corrected chi connectivity index (χ2v) is 9.31. The van der Waals surface area contributed by atoms with Crippen molar-refractivity contribution >= 4 is 23.6 Å². The number of benzene rings is 2. The van der Waals surface area contributed by atoms with Crippen LogP contribution in [-0.2, 0) is 16.1 Å². The fourth-order valence-electron chi connectivity index (χ4n) is 3.02. The van der Waals surface area contributed by atoms with Crippen LogP contribution in [-0.4, -0.2) is 28.0 Å². The number of nitrogens with zero attached hydrogens (tertiary/aromatic N) is 1. The van der Waals surface area contributed by atoms with E-state index in [-0.39, 0.29) is 17.2 Å². The van der Waals surface area contributed by atoms with Crippen molar-refractivity contribution in [3.05, 3.63) is 60.2 Å². The van der Waals surface area contributed by atoms with Crippen molar-refractivity contribution in [3.63, 3.8) is 0 Å². The highest BCUT2D eigenvalue weighted by Crippen LogP contribution is 2.30. The van der Waals surface area contributed by atoms with E-state index in [0.29, 0.717) is 18.8 Å². The molecule has 1 fully saturated rings. The SMILES string of the molecule is CC(C)(C)C(=O)NCSC1CCC(=O)N1Cc1ccc(Oc2ccccc2)cc1. The maximum Gasteiger partial charge on any atom is 0.226 e. The average Bonchev–Trinajstić information content (AvgIpc) is 3.03. The molecule has 3 rings (SSSR count). The molecule has 2 aromatic carbocycles. The summed E-state index contributed by atoms with van der Waals surface area (Å²) in [5.41, 5.74) is 0.653. The van der Waals surface area contributed by atoms with Crippen molar-refractivity contribution in [2.45, 2.75) is 45.5 Å². The van der Waals surface area contributed by atoms with E-state index in [1.807, 2.05) is 80.3 Å². The minimum Gasteiger partial charge on any atom is -0.457 e. The Kier molecular flexibility index (Phi) is 6.85. The molecule has 0 bridgehead atoms. The number of amides is 2. The van der Waals surface area contributed by atoms with E-state index in [0.717, 1.165) is 23.5 Å². The highest BCUT2D eigenvalue weighted by Gasteiger charge is 2.31. The highest BCUT2D eigenvalue weighted by atomic mass is 32.2. The van der Waals surface area contributed by atoms with Crippen LogP contribution in [0.25, 0.3) is 0 Å². The van der Waals surface area contributed by atoms with Crippen molar-refractivity contribution in [3.8, 4) is 11.5 Å². The lowest BCUT2D eigenvalue weighted by Crippen LogP contribution is -2.36. The molecule has 0 saturated carbocycles. The minimum absolute atomic E-state index is 0.0230. The lowest BCUT2D eigenvalue weighted by atomic mass is 9.96. The topological polar surface area (TPSA) is 58.6 Å². The Morgan fingerprint density at radius 2 is 1.76 bits per heavy atom. The summed E-state index contributed by atoms with van der Waals surface area (Å²) in [6.07, 6.45) is 1.37. The smallest absolute Gasteiger partial charge is 0.226 e. The van der Waals surface area contributed by atoms with Gasteiger partial charge >= 0.3 is 0 Å². The summed E-state index contributed by atoms with van der Waals surface area (Å²) in [6, 6.07) is 17.5. The predicted octanol–water partition coefficient (Wildman–Crippen LogP) is 4.78. The third-order valence-electron chi connectivity index (χ3n) is 4.72. The van der Waals surface area contributed by atoms with Gasteiger partial charge in [-0.3, -0.25) is 9.59 Å². The summed E-state index contributed by atoms with van der Waals surface area (Å²) >= 11 is 1.61. The number of hydrogen-bond donors (Lipinski definition) is 1. The molecule has 2 aromatic rings. The third kappa shape index (κ3) is 6.00. The van der Waals surface area contributed by atoms with Crippen molar-refractivity contribution in [2.24, 2.45) is 5.41 Å². The van der Waals surface area contributed by atoms with Gasteiger partial charge in [0.2, 0.25) is 11.8 Å². The molecule has 1 atom stereocenters. The van der Waals surface area contributed by atoms with Gasteiger partial charge in [-0.1, -0.05) is 51.1 Å². The van der Waals surface area contributed by atoms with Crippen LogP contribution in [0.5, 0.6) is 11.5 Å².